The van der Waals surface area contributed by atoms with Crippen molar-refractivity contribution in [3.05, 3.63) is 70.2 Å². The van der Waals surface area contributed by atoms with Crippen molar-refractivity contribution in [1.29, 1.82) is 0 Å². The smallest absolute Gasteiger partial charge is 0.339 e. The number of rotatable bonds is 8. The fourth-order valence-electron chi connectivity index (χ4n) is 5.14. The Morgan fingerprint density at radius 3 is 2.13 bits per heavy atom. The lowest BCUT2D eigenvalue weighted by atomic mass is 10.0. The molecule has 3 aromatic carbocycles. The van der Waals surface area contributed by atoms with Gasteiger partial charge in [-0.1, -0.05) is 67.4 Å². The first-order valence-corrected chi connectivity index (χ1v) is 16.1. The van der Waals surface area contributed by atoms with Crippen molar-refractivity contribution >= 4 is 63.2 Å². The second kappa shape index (κ2) is 10.8. The maximum atomic E-state index is 14.5. The molecule has 0 unspecified atom stereocenters. The zero-order valence-corrected chi connectivity index (χ0v) is 24.2. The molecule has 3 aromatic rings. The minimum Gasteiger partial charge on any atom is -0.339 e. The normalized spacial score (nSPS) is 14.7. The molecular formula is C26H29Cl2N2O6PS. The van der Waals surface area contributed by atoms with Gasteiger partial charge in [0, 0.05) is 28.5 Å². The van der Waals surface area contributed by atoms with Crippen LogP contribution in [0.2, 0.25) is 10.0 Å². The highest BCUT2D eigenvalue weighted by Crippen LogP contribution is 2.60. The van der Waals surface area contributed by atoms with Crippen LogP contribution in [0.25, 0.3) is 10.8 Å². The minimum absolute atomic E-state index is 0.0390. The van der Waals surface area contributed by atoms with Crippen LogP contribution in [0.15, 0.2) is 59.5 Å². The summed E-state index contributed by atoms with van der Waals surface area (Å²) in [6.45, 7) is 4.05. The number of benzene rings is 3. The van der Waals surface area contributed by atoms with Crippen LogP contribution >= 0.6 is 30.8 Å². The number of anilines is 1. The number of carbonyl (C=O) groups is 1. The first-order valence-electron chi connectivity index (χ1n) is 12.3. The molecule has 0 aromatic heterocycles. The van der Waals surface area contributed by atoms with Crippen LogP contribution < -0.4 is 4.31 Å². The largest absolute Gasteiger partial charge is 0.351 e. The zero-order chi connectivity index (χ0) is 27.9. The molecule has 1 saturated heterocycles. The van der Waals surface area contributed by atoms with E-state index in [-0.39, 0.29) is 39.0 Å². The minimum atomic E-state index is -5.17. The van der Waals surface area contributed by atoms with Gasteiger partial charge in [-0.3, -0.25) is 9.36 Å². The first-order chi connectivity index (χ1) is 17.9. The molecule has 0 atom stereocenters. The zero-order valence-electron chi connectivity index (χ0n) is 21.0. The molecule has 1 fully saturated rings. The van der Waals surface area contributed by atoms with Crippen LogP contribution in [0, 0.1) is 0 Å². The highest BCUT2D eigenvalue weighted by molar-refractivity contribution is 7.93. The number of hydrogen-bond donors (Lipinski definition) is 2. The summed E-state index contributed by atoms with van der Waals surface area (Å²) in [5, 5.41) is -1.15. The molecule has 1 aliphatic heterocycles. The van der Waals surface area contributed by atoms with Gasteiger partial charge in [0.2, 0.25) is 0 Å². The third kappa shape index (κ3) is 4.96. The van der Waals surface area contributed by atoms with Crippen LogP contribution in [0.1, 0.15) is 49.9 Å². The standard InChI is InChI=1S/C26H29Cl2N2O6PS/c1-3-26(4-2,37(32,33)34)30(38(35,36)21-16-19(27)15-20(28)17-21)24-22-10-6-5-9-18(22)11-12-23(24)25(31)29-13-7-8-14-29/h5-6,9-12,15-17H,3-4,7-8,13-14H2,1-2H3,(H2,32,33,34). The highest BCUT2D eigenvalue weighted by Gasteiger charge is 2.55. The van der Waals surface area contributed by atoms with Crippen molar-refractivity contribution in [3.63, 3.8) is 0 Å². The maximum Gasteiger partial charge on any atom is 0.351 e. The molecular weight excluding hydrogens is 570 g/mol. The fraction of sp³-hybridized carbons (Fsp3) is 0.346. The summed E-state index contributed by atoms with van der Waals surface area (Å²) in [7, 11) is -9.90. The number of amides is 1. The molecule has 8 nitrogen and oxygen atoms in total. The van der Waals surface area contributed by atoms with E-state index in [1.807, 2.05) is 0 Å². The van der Waals surface area contributed by atoms with Crippen LogP contribution in [-0.4, -0.2) is 47.4 Å². The molecule has 1 amide bonds. The average Bonchev–Trinajstić information content (AvgIpc) is 3.40. The van der Waals surface area contributed by atoms with Crippen LogP contribution in [0.4, 0.5) is 5.69 Å². The summed E-state index contributed by atoms with van der Waals surface area (Å²) < 4.78 is 43.1. The number of sulfonamides is 1. The Bertz CT molecular complexity index is 1510. The van der Waals surface area contributed by atoms with Gasteiger partial charge in [0.05, 0.1) is 16.1 Å². The molecule has 12 heteroatoms. The van der Waals surface area contributed by atoms with Gasteiger partial charge >= 0.3 is 7.60 Å². The van der Waals surface area contributed by atoms with Gasteiger partial charge in [0.1, 0.15) is 0 Å². The first kappa shape index (κ1) is 28.9. The van der Waals surface area contributed by atoms with E-state index >= 15 is 0 Å². The predicted octanol–water partition coefficient (Wildman–Crippen LogP) is 6.27. The SMILES string of the molecule is CCC(CC)(N(c1c(C(=O)N2CCCC2)ccc2ccccc12)S(=O)(=O)c1cc(Cl)cc(Cl)c1)P(=O)(O)O. The van der Waals surface area contributed by atoms with Crippen LogP contribution in [0.5, 0.6) is 0 Å². The number of likely N-dealkylation sites (tertiary alicyclic amines) is 1. The van der Waals surface area contributed by atoms with E-state index in [1.54, 1.807) is 35.2 Å². The van der Waals surface area contributed by atoms with E-state index < -0.39 is 28.8 Å². The van der Waals surface area contributed by atoms with Gasteiger partial charge in [0.15, 0.2) is 5.28 Å². The maximum absolute atomic E-state index is 14.5. The van der Waals surface area contributed by atoms with Crippen LogP contribution in [-0.2, 0) is 14.6 Å². The van der Waals surface area contributed by atoms with Crippen molar-refractivity contribution < 1.29 is 27.6 Å². The van der Waals surface area contributed by atoms with Gasteiger partial charge in [-0.2, -0.15) is 0 Å². The quantitative estimate of drug-likeness (QED) is 0.295. The van der Waals surface area contributed by atoms with E-state index in [0.29, 0.717) is 23.9 Å². The molecule has 1 aliphatic rings. The summed E-state index contributed by atoms with van der Waals surface area (Å²) in [6, 6.07) is 13.8. The van der Waals surface area contributed by atoms with E-state index in [2.05, 4.69) is 0 Å². The molecule has 0 saturated carbocycles. The summed E-state index contributed by atoms with van der Waals surface area (Å²) in [5.41, 5.74) is -0.0369. The second-order valence-corrected chi connectivity index (χ2v) is 13.9. The van der Waals surface area contributed by atoms with E-state index in [0.717, 1.165) is 17.1 Å². The molecule has 38 heavy (non-hydrogen) atoms. The van der Waals surface area contributed by atoms with Gasteiger partial charge in [-0.25, -0.2) is 12.7 Å². The third-order valence-corrected chi connectivity index (χ3v) is 11.5. The molecule has 0 radical (unpaired) electrons. The summed E-state index contributed by atoms with van der Waals surface area (Å²) >= 11 is 12.3. The topological polar surface area (TPSA) is 115 Å². The second-order valence-electron chi connectivity index (χ2n) is 9.29. The molecule has 0 spiro atoms. The van der Waals surface area contributed by atoms with E-state index in [9.17, 15) is 27.6 Å². The third-order valence-electron chi connectivity index (χ3n) is 7.15. The number of carbonyl (C=O) groups excluding carboxylic acids is 1. The summed E-state index contributed by atoms with van der Waals surface area (Å²) in [5.74, 6) is -0.403. The Kier molecular flexibility index (Phi) is 8.20. The Labute approximate surface area is 232 Å². The Morgan fingerprint density at radius 2 is 1.58 bits per heavy atom. The van der Waals surface area contributed by atoms with Crippen LogP contribution in [0.3, 0.4) is 0 Å². The van der Waals surface area contributed by atoms with Crippen molar-refractivity contribution in [2.75, 3.05) is 17.4 Å². The monoisotopic (exact) mass is 598 g/mol. The molecule has 1 heterocycles. The summed E-state index contributed by atoms with van der Waals surface area (Å²) in [6.07, 6.45) is 1.16. The molecule has 0 bridgehead atoms. The number of nitrogens with zero attached hydrogens (tertiary/aromatic N) is 2. The van der Waals surface area contributed by atoms with Crippen molar-refractivity contribution in [3.8, 4) is 0 Å². The Hall–Kier alpha value is -2.13. The number of fused-ring (bicyclic) bond motifs is 1. The lowest BCUT2D eigenvalue weighted by Crippen LogP contribution is -2.52. The Morgan fingerprint density at radius 1 is 1.00 bits per heavy atom. The molecule has 204 valence electrons. The van der Waals surface area contributed by atoms with Gasteiger partial charge in [0.25, 0.3) is 15.9 Å². The van der Waals surface area contributed by atoms with E-state index in [1.165, 1.54) is 38.1 Å². The highest BCUT2D eigenvalue weighted by atomic mass is 35.5. The number of hydrogen-bond acceptors (Lipinski definition) is 4. The van der Waals surface area contributed by atoms with Gasteiger partial charge in [-0.05, 0) is 55.3 Å². The van der Waals surface area contributed by atoms with Gasteiger partial charge in [-0.15, -0.1) is 0 Å². The van der Waals surface area contributed by atoms with Gasteiger partial charge < -0.3 is 14.7 Å². The molecule has 4 rings (SSSR count). The average molecular weight is 599 g/mol. The van der Waals surface area contributed by atoms with E-state index in [4.69, 9.17) is 23.2 Å². The van der Waals surface area contributed by atoms with Crippen molar-refractivity contribution in [2.24, 2.45) is 0 Å². The molecule has 2 N–H and O–H groups in total. The molecule has 0 aliphatic carbocycles. The van der Waals surface area contributed by atoms with Crippen molar-refractivity contribution in [2.45, 2.75) is 49.7 Å². The lowest BCUT2D eigenvalue weighted by molar-refractivity contribution is 0.0793. The fourth-order valence-corrected chi connectivity index (χ4v) is 9.50. The van der Waals surface area contributed by atoms with Crippen molar-refractivity contribution in [1.82, 2.24) is 4.90 Å². The number of halogens is 2. The lowest BCUT2D eigenvalue weighted by Gasteiger charge is -2.44. The Balaban J connectivity index is 2.17. The predicted molar refractivity (Wildman–Crippen MR) is 151 cm³/mol. The summed E-state index contributed by atoms with van der Waals surface area (Å²) in [4.78, 5) is 36.6.